The second-order valence-electron chi connectivity index (χ2n) is 2.97. The van der Waals surface area contributed by atoms with Gasteiger partial charge in [0.1, 0.15) is 5.75 Å². The Labute approximate surface area is 87.5 Å². The van der Waals surface area contributed by atoms with Gasteiger partial charge in [-0.2, -0.15) is 0 Å². The van der Waals surface area contributed by atoms with Crippen LogP contribution in [0.2, 0.25) is 0 Å². The highest BCUT2D eigenvalue weighted by Crippen LogP contribution is 2.22. The molecule has 0 fully saturated rings. The first-order chi connectivity index (χ1) is 6.19. The molecule has 0 spiro atoms. The average Bonchev–Trinajstić information content (AvgIpc) is 2.11. The topological polar surface area (TPSA) is 9.23 Å². The van der Waals surface area contributed by atoms with Crippen LogP contribution in [0.3, 0.4) is 0 Å². The highest BCUT2D eigenvalue weighted by Gasteiger charge is 2.01. The van der Waals surface area contributed by atoms with E-state index in [4.69, 9.17) is 4.74 Å². The quantitative estimate of drug-likeness (QED) is 0.767. The summed E-state index contributed by atoms with van der Waals surface area (Å²) in [4.78, 5) is 1.87. The lowest BCUT2D eigenvalue weighted by Gasteiger charge is -2.08. The molecular formula is C11H13BrO. The first-order valence-electron chi connectivity index (χ1n) is 4.11. The van der Waals surface area contributed by atoms with E-state index in [9.17, 15) is 0 Å². The summed E-state index contributed by atoms with van der Waals surface area (Å²) in [6.07, 6.45) is 2.05. The molecule has 1 rings (SSSR count). The first-order valence-corrected chi connectivity index (χ1v) is 5.02. The highest BCUT2D eigenvalue weighted by molar-refractivity contribution is 9.11. The van der Waals surface area contributed by atoms with Crippen LogP contribution in [0.4, 0.5) is 0 Å². The first kappa shape index (κ1) is 10.3. The van der Waals surface area contributed by atoms with Crippen molar-refractivity contribution in [2.24, 2.45) is 0 Å². The minimum atomic E-state index is 0.918. The van der Waals surface area contributed by atoms with Crippen molar-refractivity contribution in [3.05, 3.63) is 33.8 Å². The maximum atomic E-state index is 5.17. The van der Waals surface area contributed by atoms with Crippen LogP contribution in [0.15, 0.2) is 17.1 Å². The van der Waals surface area contributed by atoms with Gasteiger partial charge in [-0.05, 0) is 53.7 Å². The van der Waals surface area contributed by atoms with Crippen molar-refractivity contribution >= 4 is 22.0 Å². The van der Waals surface area contributed by atoms with Crippen molar-refractivity contribution in [2.45, 2.75) is 13.8 Å². The zero-order valence-electron chi connectivity index (χ0n) is 8.10. The Bertz CT molecular complexity index is 306. The van der Waals surface area contributed by atoms with Crippen molar-refractivity contribution in [1.29, 1.82) is 0 Å². The number of rotatable bonds is 2. The molecular weight excluding hydrogens is 228 g/mol. The molecule has 0 unspecified atom stereocenters. The number of aryl methyl sites for hydroxylation is 2. The van der Waals surface area contributed by atoms with Gasteiger partial charge < -0.3 is 4.74 Å². The number of hydrogen-bond donors (Lipinski definition) is 0. The minimum Gasteiger partial charge on any atom is -0.497 e. The van der Waals surface area contributed by atoms with Crippen molar-refractivity contribution in [2.75, 3.05) is 7.11 Å². The summed E-state index contributed by atoms with van der Waals surface area (Å²) in [5, 5.41) is 0. The van der Waals surface area contributed by atoms with Gasteiger partial charge >= 0.3 is 0 Å². The van der Waals surface area contributed by atoms with Gasteiger partial charge in [0, 0.05) is 0 Å². The van der Waals surface area contributed by atoms with E-state index < -0.39 is 0 Å². The van der Waals surface area contributed by atoms with E-state index >= 15 is 0 Å². The van der Waals surface area contributed by atoms with Gasteiger partial charge in [0.2, 0.25) is 0 Å². The molecule has 0 N–H and O–H groups in total. The maximum absolute atomic E-state index is 5.17. The number of halogens is 1. The molecule has 0 heterocycles. The van der Waals surface area contributed by atoms with Gasteiger partial charge in [-0.3, -0.25) is 0 Å². The van der Waals surface area contributed by atoms with Crippen LogP contribution in [0.1, 0.15) is 16.7 Å². The summed E-state index contributed by atoms with van der Waals surface area (Å²) in [6, 6.07) is 4.07. The smallest absolute Gasteiger partial charge is 0.119 e. The van der Waals surface area contributed by atoms with Crippen molar-refractivity contribution in [1.82, 2.24) is 0 Å². The SMILES string of the molecule is COc1cc(C)c(C=CBr)c(C)c1. The predicted molar refractivity (Wildman–Crippen MR) is 60.4 cm³/mol. The Morgan fingerprint density at radius 3 is 2.15 bits per heavy atom. The van der Waals surface area contributed by atoms with Gasteiger partial charge in [0.05, 0.1) is 7.11 Å². The summed E-state index contributed by atoms with van der Waals surface area (Å²) in [7, 11) is 1.69. The maximum Gasteiger partial charge on any atom is 0.119 e. The van der Waals surface area contributed by atoms with Crippen LogP contribution in [0, 0.1) is 13.8 Å². The van der Waals surface area contributed by atoms with Crippen LogP contribution in [0.5, 0.6) is 5.75 Å². The van der Waals surface area contributed by atoms with E-state index in [1.807, 2.05) is 23.2 Å². The Morgan fingerprint density at radius 1 is 1.23 bits per heavy atom. The average molecular weight is 241 g/mol. The lowest BCUT2D eigenvalue weighted by Crippen LogP contribution is -1.90. The van der Waals surface area contributed by atoms with E-state index in [1.165, 1.54) is 16.7 Å². The number of hydrogen-bond acceptors (Lipinski definition) is 1. The number of methoxy groups -OCH3 is 1. The zero-order chi connectivity index (χ0) is 9.84. The molecule has 0 aliphatic rings. The van der Waals surface area contributed by atoms with Gasteiger partial charge in [0.25, 0.3) is 0 Å². The standard InChI is InChI=1S/C11H13BrO/c1-8-6-10(13-3)7-9(2)11(8)4-5-12/h4-7H,1-3H3. The molecule has 0 bridgehead atoms. The summed E-state index contributed by atoms with van der Waals surface area (Å²) < 4.78 is 5.17. The molecule has 0 aromatic heterocycles. The van der Waals surface area contributed by atoms with Crippen LogP contribution < -0.4 is 4.74 Å². The molecule has 0 aliphatic carbocycles. The highest BCUT2D eigenvalue weighted by atomic mass is 79.9. The van der Waals surface area contributed by atoms with Gasteiger partial charge in [0.15, 0.2) is 0 Å². The fourth-order valence-electron chi connectivity index (χ4n) is 1.38. The van der Waals surface area contributed by atoms with E-state index in [0.717, 1.165) is 5.75 Å². The zero-order valence-corrected chi connectivity index (χ0v) is 9.68. The Hall–Kier alpha value is -0.760. The largest absolute Gasteiger partial charge is 0.497 e. The summed E-state index contributed by atoms with van der Waals surface area (Å²) >= 11 is 3.28. The Morgan fingerprint density at radius 2 is 1.77 bits per heavy atom. The summed E-state index contributed by atoms with van der Waals surface area (Å²) in [5.74, 6) is 0.918. The summed E-state index contributed by atoms with van der Waals surface area (Å²) in [5.41, 5.74) is 3.71. The van der Waals surface area contributed by atoms with Crippen LogP contribution >= 0.6 is 15.9 Å². The second kappa shape index (κ2) is 4.47. The van der Waals surface area contributed by atoms with Crippen LogP contribution in [0.25, 0.3) is 6.08 Å². The third-order valence-corrected chi connectivity index (χ3v) is 2.30. The normalized spacial score (nSPS) is 10.8. The molecule has 2 heteroatoms. The predicted octanol–water partition coefficient (Wildman–Crippen LogP) is 3.68. The van der Waals surface area contributed by atoms with Crippen LogP contribution in [-0.2, 0) is 0 Å². The van der Waals surface area contributed by atoms with Crippen molar-refractivity contribution < 1.29 is 4.74 Å². The minimum absolute atomic E-state index is 0.918. The molecule has 1 aromatic rings. The lowest BCUT2D eigenvalue weighted by molar-refractivity contribution is 0.414. The molecule has 70 valence electrons. The van der Waals surface area contributed by atoms with E-state index in [2.05, 4.69) is 29.8 Å². The van der Waals surface area contributed by atoms with Crippen molar-refractivity contribution in [3.8, 4) is 5.75 Å². The molecule has 0 amide bonds. The molecule has 1 aromatic carbocycles. The van der Waals surface area contributed by atoms with Gasteiger partial charge in [-0.25, -0.2) is 0 Å². The van der Waals surface area contributed by atoms with Gasteiger partial charge in [-0.1, -0.05) is 15.9 Å². The molecule has 0 atom stereocenters. The van der Waals surface area contributed by atoms with Crippen LogP contribution in [-0.4, -0.2) is 7.11 Å². The third-order valence-electron chi connectivity index (χ3n) is 2.03. The fourth-order valence-corrected chi connectivity index (χ4v) is 1.64. The molecule has 13 heavy (non-hydrogen) atoms. The number of benzene rings is 1. The molecule has 0 saturated carbocycles. The second-order valence-corrected chi connectivity index (χ2v) is 3.50. The fraction of sp³-hybridized carbons (Fsp3) is 0.273. The van der Waals surface area contributed by atoms with E-state index in [1.54, 1.807) is 7.11 Å². The van der Waals surface area contributed by atoms with Gasteiger partial charge in [-0.15, -0.1) is 0 Å². The van der Waals surface area contributed by atoms with Crippen molar-refractivity contribution in [3.63, 3.8) is 0 Å². The third kappa shape index (κ3) is 2.34. The molecule has 1 nitrogen and oxygen atoms in total. The lowest BCUT2D eigenvalue weighted by atomic mass is 10.0. The van der Waals surface area contributed by atoms with E-state index in [-0.39, 0.29) is 0 Å². The molecule has 0 radical (unpaired) electrons. The Balaban J connectivity index is 3.22. The summed E-state index contributed by atoms with van der Waals surface area (Å²) in [6.45, 7) is 4.16. The molecule has 0 saturated heterocycles. The van der Waals surface area contributed by atoms with E-state index in [0.29, 0.717) is 0 Å². The monoisotopic (exact) mass is 240 g/mol. The number of ether oxygens (including phenoxy) is 1. The Kier molecular flexibility index (Phi) is 3.55. The molecule has 0 aliphatic heterocycles.